The molecule has 2 N–H and O–H groups in total. The number of phenols is 1. The van der Waals surface area contributed by atoms with Crippen LogP contribution in [-0.4, -0.2) is 59.1 Å². The Morgan fingerprint density at radius 2 is 1.58 bits per heavy atom. The van der Waals surface area contributed by atoms with Crippen molar-refractivity contribution in [2.24, 2.45) is 5.10 Å². The van der Waals surface area contributed by atoms with Crippen LogP contribution in [0.25, 0.3) is 0 Å². The van der Waals surface area contributed by atoms with E-state index in [1.807, 2.05) is 13.0 Å². The quantitative estimate of drug-likeness (QED) is 0.514. The number of anilines is 3. The van der Waals surface area contributed by atoms with Crippen molar-refractivity contribution in [3.05, 3.63) is 23.8 Å². The van der Waals surface area contributed by atoms with E-state index in [-0.39, 0.29) is 5.75 Å². The van der Waals surface area contributed by atoms with Gasteiger partial charge < -0.3 is 19.6 Å². The van der Waals surface area contributed by atoms with Gasteiger partial charge in [-0.2, -0.15) is 20.1 Å². The summed E-state index contributed by atoms with van der Waals surface area (Å²) in [5.74, 6) is 2.32. The summed E-state index contributed by atoms with van der Waals surface area (Å²) in [5.41, 5.74) is 3.49. The first kappa shape index (κ1) is 21.1. The van der Waals surface area contributed by atoms with E-state index in [0.29, 0.717) is 35.8 Å². The molecule has 9 nitrogen and oxygen atoms in total. The van der Waals surface area contributed by atoms with E-state index >= 15 is 0 Å². The minimum absolute atomic E-state index is 0.0635. The fraction of sp³-hybridized carbons (Fsp3) is 0.545. The zero-order chi connectivity index (χ0) is 21.5. The summed E-state index contributed by atoms with van der Waals surface area (Å²) in [7, 11) is 0. The molecule has 0 saturated carbocycles. The second-order valence-corrected chi connectivity index (χ2v) is 7.85. The first-order valence-electron chi connectivity index (χ1n) is 11.2. The molecular weight excluding hydrogens is 394 g/mol. The molecule has 2 fully saturated rings. The minimum Gasteiger partial charge on any atom is -0.504 e. The van der Waals surface area contributed by atoms with E-state index in [4.69, 9.17) is 9.72 Å². The second-order valence-electron chi connectivity index (χ2n) is 7.85. The number of piperidine rings is 2. The number of rotatable bonds is 7. The van der Waals surface area contributed by atoms with Crippen molar-refractivity contribution in [2.45, 2.75) is 45.4 Å². The van der Waals surface area contributed by atoms with Crippen LogP contribution in [0, 0.1) is 0 Å². The van der Waals surface area contributed by atoms with Crippen molar-refractivity contribution in [1.82, 2.24) is 15.0 Å². The van der Waals surface area contributed by atoms with Crippen LogP contribution in [0.1, 0.15) is 51.0 Å². The lowest BCUT2D eigenvalue weighted by Crippen LogP contribution is -2.34. The Bertz CT molecular complexity index is 857. The second kappa shape index (κ2) is 10.3. The molecule has 2 aliphatic rings. The van der Waals surface area contributed by atoms with Gasteiger partial charge in [-0.3, -0.25) is 0 Å². The lowest BCUT2D eigenvalue weighted by atomic mass is 10.1. The maximum atomic E-state index is 10.3. The smallest absolute Gasteiger partial charge is 0.250 e. The molecule has 31 heavy (non-hydrogen) atoms. The molecule has 4 rings (SSSR count). The average Bonchev–Trinajstić information content (AvgIpc) is 2.82. The van der Waals surface area contributed by atoms with Crippen LogP contribution in [0.4, 0.5) is 17.8 Å². The van der Waals surface area contributed by atoms with Crippen LogP contribution in [-0.2, 0) is 0 Å². The molecule has 0 aliphatic carbocycles. The van der Waals surface area contributed by atoms with E-state index in [0.717, 1.165) is 51.9 Å². The Balaban J connectivity index is 1.55. The van der Waals surface area contributed by atoms with Gasteiger partial charge in [0.15, 0.2) is 11.5 Å². The molecule has 1 aromatic carbocycles. The number of aromatic hydroxyl groups is 1. The van der Waals surface area contributed by atoms with Crippen molar-refractivity contribution < 1.29 is 9.84 Å². The van der Waals surface area contributed by atoms with E-state index in [1.165, 1.54) is 12.8 Å². The first-order chi connectivity index (χ1) is 15.2. The first-order valence-corrected chi connectivity index (χ1v) is 11.2. The van der Waals surface area contributed by atoms with Crippen LogP contribution in [0.2, 0.25) is 0 Å². The Morgan fingerprint density at radius 3 is 2.16 bits per heavy atom. The summed E-state index contributed by atoms with van der Waals surface area (Å²) in [5, 5.41) is 14.6. The van der Waals surface area contributed by atoms with Gasteiger partial charge >= 0.3 is 0 Å². The van der Waals surface area contributed by atoms with Crippen LogP contribution in [0.5, 0.6) is 11.5 Å². The lowest BCUT2D eigenvalue weighted by Gasteiger charge is -2.30. The highest BCUT2D eigenvalue weighted by atomic mass is 16.5. The number of para-hydroxylation sites is 1. The maximum Gasteiger partial charge on any atom is 0.250 e. The van der Waals surface area contributed by atoms with Gasteiger partial charge in [-0.05, 0) is 57.6 Å². The molecule has 3 heterocycles. The fourth-order valence-corrected chi connectivity index (χ4v) is 3.95. The van der Waals surface area contributed by atoms with Gasteiger partial charge in [-0.25, -0.2) is 5.43 Å². The van der Waals surface area contributed by atoms with Crippen molar-refractivity contribution >= 4 is 24.1 Å². The normalized spacial score (nSPS) is 17.2. The van der Waals surface area contributed by atoms with Gasteiger partial charge in [-0.15, -0.1) is 0 Å². The van der Waals surface area contributed by atoms with Crippen molar-refractivity contribution in [3.8, 4) is 11.5 Å². The minimum atomic E-state index is 0.0635. The predicted octanol–water partition coefficient (Wildman–Crippen LogP) is 3.40. The summed E-state index contributed by atoms with van der Waals surface area (Å²) >= 11 is 0. The molecule has 9 heteroatoms. The van der Waals surface area contributed by atoms with Gasteiger partial charge in [-0.1, -0.05) is 6.07 Å². The van der Waals surface area contributed by atoms with Gasteiger partial charge in [0.1, 0.15) is 0 Å². The highest BCUT2D eigenvalue weighted by molar-refractivity contribution is 5.85. The lowest BCUT2D eigenvalue weighted by molar-refractivity contribution is 0.318. The third-order valence-electron chi connectivity index (χ3n) is 5.59. The number of nitrogens with one attached hydrogen (secondary N) is 1. The predicted molar refractivity (Wildman–Crippen MR) is 122 cm³/mol. The highest BCUT2D eigenvalue weighted by Gasteiger charge is 2.20. The van der Waals surface area contributed by atoms with Gasteiger partial charge in [0.05, 0.1) is 12.8 Å². The van der Waals surface area contributed by atoms with Crippen LogP contribution in [0.15, 0.2) is 23.3 Å². The zero-order valence-electron chi connectivity index (χ0n) is 18.1. The van der Waals surface area contributed by atoms with Gasteiger partial charge in [0.2, 0.25) is 17.8 Å². The van der Waals surface area contributed by atoms with E-state index in [2.05, 4.69) is 30.3 Å². The number of phenolic OH excluding ortho intramolecular Hbond substituents is 1. The van der Waals surface area contributed by atoms with E-state index in [9.17, 15) is 5.11 Å². The van der Waals surface area contributed by atoms with Crippen LogP contribution >= 0.6 is 0 Å². The molecule has 2 aromatic rings. The van der Waals surface area contributed by atoms with Crippen LogP contribution < -0.4 is 20.0 Å². The topological polar surface area (TPSA) is 99.0 Å². The molecule has 166 valence electrons. The summed E-state index contributed by atoms with van der Waals surface area (Å²) in [6.07, 6.45) is 8.66. The average molecular weight is 426 g/mol. The Hall–Kier alpha value is -3.10. The van der Waals surface area contributed by atoms with Crippen molar-refractivity contribution in [2.75, 3.05) is 48.0 Å². The van der Waals surface area contributed by atoms with E-state index < -0.39 is 0 Å². The fourth-order valence-electron chi connectivity index (χ4n) is 3.95. The largest absolute Gasteiger partial charge is 0.504 e. The van der Waals surface area contributed by atoms with Crippen LogP contribution in [0.3, 0.4) is 0 Å². The number of benzene rings is 1. The molecule has 0 amide bonds. The molecule has 0 spiro atoms. The third-order valence-corrected chi connectivity index (χ3v) is 5.59. The number of nitrogens with zero attached hydrogens (tertiary/aromatic N) is 6. The van der Waals surface area contributed by atoms with Crippen molar-refractivity contribution in [3.63, 3.8) is 0 Å². The van der Waals surface area contributed by atoms with Gasteiger partial charge in [0, 0.05) is 31.7 Å². The molecule has 2 saturated heterocycles. The molecule has 0 unspecified atom stereocenters. The molecule has 0 radical (unpaired) electrons. The Labute approximate surface area is 183 Å². The summed E-state index contributed by atoms with van der Waals surface area (Å²) in [6, 6.07) is 5.32. The zero-order valence-corrected chi connectivity index (χ0v) is 18.1. The van der Waals surface area contributed by atoms with Gasteiger partial charge in [0.25, 0.3) is 0 Å². The summed E-state index contributed by atoms with van der Waals surface area (Å²) in [4.78, 5) is 18.5. The number of hydrazone groups is 1. The van der Waals surface area contributed by atoms with E-state index in [1.54, 1.807) is 18.3 Å². The number of hydrogen-bond acceptors (Lipinski definition) is 9. The Kier molecular flexibility index (Phi) is 7.01. The molecular formula is C22H31N7O2. The Morgan fingerprint density at radius 1 is 0.968 bits per heavy atom. The summed E-state index contributed by atoms with van der Waals surface area (Å²) < 4.78 is 5.43. The third kappa shape index (κ3) is 5.34. The van der Waals surface area contributed by atoms with Crippen molar-refractivity contribution in [1.29, 1.82) is 0 Å². The molecule has 0 atom stereocenters. The molecule has 1 aromatic heterocycles. The molecule has 0 bridgehead atoms. The monoisotopic (exact) mass is 425 g/mol. The maximum absolute atomic E-state index is 10.3. The number of aromatic nitrogens is 3. The number of ether oxygens (including phenoxy) is 1. The number of hydrogen-bond donors (Lipinski definition) is 2. The highest BCUT2D eigenvalue weighted by Crippen LogP contribution is 2.28. The molecule has 2 aliphatic heterocycles. The summed E-state index contributed by atoms with van der Waals surface area (Å²) in [6.45, 7) is 6.21. The standard InChI is InChI=1S/C22H31N7O2/c1-2-31-18-11-9-10-17(19(18)30)16-23-27-20-24-21(28-12-5-3-6-13-28)26-22(25-20)29-14-7-4-8-15-29/h9-11,16,30H,2-8,12-15H2,1H3,(H,24,25,26,27). The SMILES string of the molecule is CCOc1cccc(C=NNc2nc(N3CCCCC3)nc(N3CCCCC3)n2)c1O.